The van der Waals surface area contributed by atoms with Gasteiger partial charge in [-0.1, -0.05) is 37.4 Å². The Morgan fingerprint density at radius 3 is 2.14 bits per heavy atom. The summed E-state index contributed by atoms with van der Waals surface area (Å²) in [5, 5.41) is 26.5. The minimum atomic E-state index is -1.59. The van der Waals surface area contributed by atoms with Crippen LogP contribution in [0.1, 0.15) is 61.5 Å². The number of rotatable bonds is 12. The van der Waals surface area contributed by atoms with Crippen LogP contribution in [-0.2, 0) is 14.3 Å². The van der Waals surface area contributed by atoms with Gasteiger partial charge in [-0.15, -0.1) is 0 Å². The zero-order valence-electron chi connectivity index (χ0n) is 20.0. The van der Waals surface area contributed by atoms with Gasteiger partial charge in [0.05, 0.1) is 25.4 Å². The average Bonchev–Trinajstić information content (AvgIpc) is 2.88. The van der Waals surface area contributed by atoms with Crippen LogP contribution in [0.5, 0.6) is 0 Å². The van der Waals surface area contributed by atoms with Crippen LogP contribution in [0.25, 0.3) is 0 Å². The third-order valence-corrected chi connectivity index (χ3v) is 6.08. The number of benzene rings is 1. The lowest BCUT2D eigenvalue weighted by Crippen LogP contribution is -2.18. The summed E-state index contributed by atoms with van der Waals surface area (Å²) in [6, 6.07) is 8.01. The molecule has 1 aromatic carbocycles. The molecule has 0 aliphatic heterocycles. The summed E-state index contributed by atoms with van der Waals surface area (Å²) >= 11 is 0. The minimum Gasteiger partial charge on any atom is -0.462 e. The molecule has 1 saturated carbocycles. The monoisotopic (exact) mass is 494 g/mol. The first-order valence-corrected chi connectivity index (χ1v) is 11.7. The Bertz CT molecular complexity index is 838. The van der Waals surface area contributed by atoms with Crippen molar-refractivity contribution in [3.63, 3.8) is 0 Å². The second kappa shape index (κ2) is 16.9. The fourth-order valence-corrected chi connectivity index (χ4v) is 3.89. The van der Waals surface area contributed by atoms with E-state index in [2.05, 4.69) is 25.3 Å². The molecule has 1 aromatic rings. The van der Waals surface area contributed by atoms with E-state index in [1.165, 1.54) is 5.56 Å². The van der Waals surface area contributed by atoms with Crippen molar-refractivity contribution in [1.29, 1.82) is 0 Å². The Labute approximate surface area is 205 Å². The lowest BCUT2D eigenvalue weighted by molar-refractivity contribution is -0.140. The molecule has 1 atom stereocenters. The Kier molecular flexibility index (Phi) is 14.6. The predicted molar refractivity (Wildman–Crippen MR) is 130 cm³/mol. The van der Waals surface area contributed by atoms with Crippen LogP contribution in [0, 0.1) is 5.92 Å². The highest BCUT2D eigenvalue weighted by Gasteiger charge is 2.22. The van der Waals surface area contributed by atoms with Crippen LogP contribution >= 0.6 is 0 Å². The molecule has 1 aliphatic carbocycles. The number of aliphatic hydroxyl groups excluding tert-OH is 3. The van der Waals surface area contributed by atoms with Crippen LogP contribution in [0.2, 0.25) is 0 Å². The van der Waals surface area contributed by atoms with Gasteiger partial charge in [-0.05, 0) is 67.6 Å². The number of halogens is 2. The van der Waals surface area contributed by atoms with Gasteiger partial charge in [0, 0.05) is 11.5 Å². The van der Waals surface area contributed by atoms with Gasteiger partial charge in [-0.2, -0.15) is 8.78 Å². The Balaban J connectivity index is 0.000000905. The summed E-state index contributed by atoms with van der Waals surface area (Å²) < 4.78 is 29.4. The predicted octanol–water partition coefficient (Wildman–Crippen LogP) is 4.42. The molecule has 1 unspecified atom stereocenters. The molecule has 0 heterocycles. The molecule has 0 amide bonds. The van der Waals surface area contributed by atoms with E-state index in [0.29, 0.717) is 24.5 Å². The molecule has 35 heavy (non-hydrogen) atoms. The maximum absolute atomic E-state index is 12.1. The van der Waals surface area contributed by atoms with Crippen LogP contribution in [0.15, 0.2) is 60.7 Å². The van der Waals surface area contributed by atoms with E-state index in [1.807, 2.05) is 12.1 Å². The Morgan fingerprint density at radius 1 is 1.06 bits per heavy atom. The molecule has 3 N–H and O–H groups in total. The van der Waals surface area contributed by atoms with Crippen molar-refractivity contribution in [2.45, 2.75) is 50.4 Å². The molecule has 0 aromatic heterocycles. The number of hydrogen-bond acceptors (Lipinski definition) is 6. The normalized spacial score (nSPS) is 17.9. The lowest BCUT2D eigenvalue weighted by atomic mass is 9.77. The van der Waals surface area contributed by atoms with Crippen molar-refractivity contribution < 1.29 is 38.4 Å². The third-order valence-electron chi connectivity index (χ3n) is 6.08. The Hall–Kier alpha value is -2.68. The molecular formula is C27H36F2O6. The molecule has 2 rings (SSSR count). The molecule has 0 spiro atoms. The maximum atomic E-state index is 12.1. The number of carbonyl (C=O) groups excluding carboxylic acids is 2. The fraction of sp³-hybridized carbons (Fsp3) is 0.481. The summed E-state index contributed by atoms with van der Waals surface area (Å²) in [5.74, 6) is -0.0152. The van der Waals surface area contributed by atoms with Crippen LogP contribution < -0.4 is 0 Å². The quantitative estimate of drug-likeness (QED) is 0.226. The number of esters is 1. The van der Waals surface area contributed by atoms with E-state index in [4.69, 9.17) is 14.9 Å². The first kappa shape index (κ1) is 30.4. The van der Waals surface area contributed by atoms with Gasteiger partial charge < -0.3 is 20.1 Å². The topological polar surface area (TPSA) is 104 Å². The number of aldehydes is 1. The van der Waals surface area contributed by atoms with Crippen LogP contribution in [0.3, 0.4) is 0 Å². The number of hydrogen-bond donors (Lipinski definition) is 3. The van der Waals surface area contributed by atoms with E-state index in [0.717, 1.165) is 43.7 Å². The number of ether oxygens (including phenoxy) is 1. The van der Waals surface area contributed by atoms with Gasteiger partial charge in [0.1, 0.15) is 12.9 Å². The molecular weight excluding hydrogens is 458 g/mol. The average molecular weight is 495 g/mol. The molecule has 194 valence electrons. The van der Waals surface area contributed by atoms with Gasteiger partial charge >= 0.3 is 5.97 Å². The van der Waals surface area contributed by atoms with Crippen LogP contribution in [-0.4, -0.2) is 54.0 Å². The third kappa shape index (κ3) is 11.5. The first-order chi connectivity index (χ1) is 16.7. The van der Waals surface area contributed by atoms with Gasteiger partial charge in [-0.25, -0.2) is 4.79 Å². The van der Waals surface area contributed by atoms with Crippen molar-refractivity contribution in [2.75, 3.05) is 26.4 Å². The fourth-order valence-electron chi connectivity index (χ4n) is 3.89. The van der Waals surface area contributed by atoms with E-state index in [1.54, 1.807) is 0 Å². The minimum absolute atomic E-state index is 0.0153. The lowest BCUT2D eigenvalue weighted by Gasteiger charge is -2.29. The summed E-state index contributed by atoms with van der Waals surface area (Å²) in [6.07, 6.45) is 5.43. The number of aliphatic hydroxyl groups is 3. The van der Waals surface area contributed by atoms with Crippen molar-refractivity contribution in [3.8, 4) is 0 Å². The molecule has 6 nitrogen and oxygen atoms in total. The molecule has 8 heteroatoms. The van der Waals surface area contributed by atoms with Gasteiger partial charge in [0.15, 0.2) is 0 Å². The highest BCUT2D eigenvalue weighted by Crippen LogP contribution is 2.38. The van der Waals surface area contributed by atoms with Crippen LogP contribution in [0.4, 0.5) is 8.78 Å². The van der Waals surface area contributed by atoms with E-state index >= 15 is 0 Å². The second-order valence-electron chi connectivity index (χ2n) is 8.63. The zero-order chi connectivity index (χ0) is 26.2. The second-order valence-corrected chi connectivity index (χ2v) is 8.63. The standard InChI is InChI=1S/C23H30F2O4.C4H6O2/c1-16(13-26)23(28)29-15-21(14-27)20-11-9-19(10-12-20)18-7-5-17(6-8-18)3-2-4-22(24)25;1-4(2-5)3-6/h4,9-12,17-18,21,26-27H,1-3,5-8,13-15H2;2,6H,1,3H2. The number of carbonyl (C=O) groups is 2. The summed E-state index contributed by atoms with van der Waals surface area (Å²) in [4.78, 5) is 21.1. The summed E-state index contributed by atoms with van der Waals surface area (Å²) in [7, 11) is 0. The molecule has 0 bridgehead atoms. The SMILES string of the molecule is C=C(C=O)CO.C=C(CO)C(=O)OCC(CO)c1ccc(C2CCC(CCC=C(F)F)CC2)cc1. The molecule has 1 aliphatic rings. The van der Waals surface area contributed by atoms with Crippen molar-refractivity contribution in [3.05, 3.63) is 71.9 Å². The molecule has 1 fully saturated rings. The van der Waals surface area contributed by atoms with Gasteiger partial charge in [0.2, 0.25) is 0 Å². The first-order valence-electron chi connectivity index (χ1n) is 11.7. The summed E-state index contributed by atoms with van der Waals surface area (Å²) in [5.41, 5.74) is 2.32. The van der Waals surface area contributed by atoms with Crippen molar-refractivity contribution in [2.24, 2.45) is 5.92 Å². The Morgan fingerprint density at radius 2 is 1.69 bits per heavy atom. The van der Waals surface area contributed by atoms with E-state index in [9.17, 15) is 23.5 Å². The zero-order valence-corrected chi connectivity index (χ0v) is 20.0. The smallest absolute Gasteiger partial charge is 0.335 e. The maximum Gasteiger partial charge on any atom is 0.335 e. The van der Waals surface area contributed by atoms with Crippen molar-refractivity contribution in [1.82, 2.24) is 0 Å². The summed E-state index contributed by atoms with van der Waals surface area (Å²) in [6.45, 7) is 5.77. The van der Waals surface area contributed by atoms with Gasteiger partial charge in [0.25, 0.3) is 6.08 Å². The highest BCUT2D eigenvalue weighted by molar-refractivity contribution is 5.87. The molecule has 0 radical (unpaired) electrons. The van der Waals surface area contributed by atoms with Gasteiger partial charge in [-0.3, -0.25) is 4.79 Å². The number of allylic oxidation sites excluding steroid dienone is 1. The highest BCUT2D eigenvalue weighted by atomic mass is 19.3. The van der Waals surface area contributed by atoms with E-state index in [-0.39, 0.29) is 36.9 Å². The largest absolute Gasteiger partial charge is 0.462 e. The molecule has 0 saturated heterocycles. The van der Waals surface area contributed by atoms with E-state index < -0.39 is 18.7 Å². The van der Waals surface area contributed by atoms with Crippen molar-refractivity contribution >= 4 is 12.3 Å².